The first kappa shape index (κ1) is 23.2. The maximum absolute atomic E-state index is 13.0. The second-order valence-corrected chi connectivity index (χ2v) is 8.76. The van der Waals surface area contributed by atoms with Gasteiger partial charge in [0.2, 0.25) is 0 Å². The molecule has 1 amide bonds. The number of ether oxygens (including phenoxy) is 2. The Balaban J connectivity index is 1.25. The standard InChI is InChI=1S/C23H25F3N6O3/c24-23(25,26)35-15-1-2-16(18(27)9-15)22(33)32-6-3-13(4-7-32)17-10-28-21-20(17)31-19(11-29-21)30-14-5-8-34-12-14/h1-2,9-11,13-14H,3-8,12,27H2,(H,28,29)(H,30,31). The van der Waals surface area contributed by atoms with Crippen LogP contribution in [-0.2, 0) is 4.74 Å². The Labute approximate surface area is 198 Å². The molecule has 0 saturated carbocycles. The molecule has 35 heavy (non-hydrogen) atoms. The number of nitrogens with two attached hydrogens (primary N) is 1. The molecule has 9 nitrogen and oxygen atoms in total. The maximum atomic E-state index is 13.0. The highest BCUT2D eigenvalue weighted by atomic mass is 19.4. The van der Waals surface area contributed by atoms with Crippen LogP contribution in [0.25, 0.3) is 11.2 Å². The number of nitrogens with zero attached hydrogens (tertiary/aromatic N) is 3. The molecule has 3 aromatic rings. The molecule has 2 aliphatic heterocycles. The van der Waals surface area contributed by atoms with Gasteiger partial charge in [-0.3, -0.25) is 4.79 Å². The lowest BCUT2D eigenvalue weighted by Crippen LogP contribution is -2.38. The Bertz CT molecular complexity index is 1220. The van der Waals surface area contributed by atoms with Crippen molar-refractivity contribution in [3.63, 3.8) is 0 Å². The Kier molecular flexibility index (Phi) is 6.13. The largest absolute Gasteiger partial charge is 0.573 e. The number of aromatic nitrogens is 3. The zero-order chi connectivity index (χ0) is 24.6. The smallest absolute Gasteiger partial charge is 0.406 e. The molecule has 0 spiro atoms. The monoisotopic (exact) mass is 490 g/mol. The first-order valence-electron chi connectivity index (χ1n) is 11.4. The van der Waals surface area contributed by atoms with E-state index in [2.05, 4.69) is 20.0 Å². The third-order valence-electron chi connectivity index (χ3n) is 6.40. The number of carbonyl (C=O) groups excluding carboxylic acids is 1. The molecule has 186 valence electrons. The fourth-order valence-electron chi connectivity index (χ4n) is 4.65. The van der Waals surface area contributed by atoms with Crippen molar-refractivity contribution < 1.29 is 27.4 Å². The number of nitrogen functional groups attached to an aromatic ring is 1. The Hall–Kier alpha value is -3.54. The number of nitrogens with one attached hydrogen (secondary N) is 2. The van der Waals surface area contributed by atoms with E-state index < -0.39 is 12.1 Å². The summed E-state index contributed by atoms with van der Waals surface area (Å²) < 4.78 is 46.6. The van der Waals surface area contributed by atoms with Crippen LogP contribution in [0.2, 0.25) is 0 Å². The normalized spacial score (nSPS) is 19.3. The summed E-state index contributed by atoms with van der Waals surface area (Å²) >= 11 is 0. The summed E-state index contributed by atoms with van der Waals surface area (Å²) in [6.45, 7) is 2.36. The Morgan fingerprint density at radius 3 is 2.74 bits per heavy atom. The number of piperidine rings is 1. The molecule has 1 atom stereocenters. The lowest BCUT2D eigenvalue weighted by molar-refractivity contribution is -0.274. The van der Waals surface area contributed by atoms with Crippen LogP contribution in [0.15, 0.2) is 30.6 Å². The lowest BCUT2D eigenvalue weighted by atomic mass is 9.90. The van der Waals surface area contributed by atoms with Crippen molar-refractivity contribution in [1.82, 2.24) is 19.9 Å². The van der Waals surface area contributed by atoms with Crippen LogP contribution in [0.1, 0.15) is 41.1 Å². The molecule has 0 aliphatic carbocycles. The third-order valence-corrected chi connectivity index (χ3v) is 6.40. The molecule has 12 heteroatoms. The first-order chi connectivity index (χ1) is 16.8. The van der Waals surface area contributed by atoms with E-state index in [4.69, 9.17) is 15.5 Å². The van der Waals surface area contributed by atoms with E-state index in [9.17, 15) is 18.0 Å². The summed E-state index contributed by atoms with van der Waals surface area (Å²) in [4.78, 5) is 27.1. The van der Waals surface area contributed by atoms with Crippen molar-refractivity contribution in [2.75, 3.05) is 37.4 Å². The quantitative estimate of drug-likeness (QED) is 0.467. The van der Waals surface area contributed by atoms with Gasteiger partial charge in [0.15, 0.2) is 5.65 Å². The van der Waals surface area contributed by atoms with E-state index in [-0.39, 0.29) is 29.1 Å². The van der Waals surface area contributed by atoms with Crippen molar-refractivity contribution >= 4 is 28.6 Å². The summed E-state index contributed by atoms with van der Waals surface area (Å²) in [5.74, 6) is 0.116. The molecule has 0 radical (unpaired) electrons. The molecule has 2 saturated heterocycles. The van der Waals surface area contributed by atoms with Crippen LogP contribution in [-0.4, -0.2) is 64.5 Å². The SMILES string of the molecule is Nc1cc(OC(F)(F)F)ccc1C(=O)N1CCC(c2c[nH]c3ncc(NC4CCOC4)nc23)CC1. The molecule has 4 N–H and O–H groups in total. The van der Waals surface area contributed by atoms with E-state index >= 15 is 0 Å². The van der Waals surface area contributed by atoms with Gasteiger partial charge >= 0.3 is 6.36 Å². The minimum absolute atomic E-state index is 0.0570. The van der Waals surface area contributed by atoms with E-state index in [0.717, 1.165) is 36.2 Å². The molecule has 4 heterocycles. The van der Waals surface area contributed by atoms with Crippen molar-refractivity contribution in [3.8, 4) is 5.75 Å². The van der Waals surface area contributed by atoms with Gasteiger partial charge in [-0.15, -0.1) is 13.2 Å². The lowest BCUT2D eigenvalue weighted by Gasteiger charge is -2.32. The number of halogens is 3. The summed E-state index contributed by atoms with van der Waals surface area (Å²) in [6.07, 6.45) is 1.15. The van der Waals surface area contributed by atoms with Crippen LogP contribution in [0, 0.1) is 0 Å². The predicted octanol–water partition coefficient (Wildman–Crippen LogP) is 3.66. The van der Waals surface area contributed by atoms with E-state index in [1.807, 2.05) is 6.20 Å². The first-order valence-corrected chi connectivity index (χ1v) is 11.4. The summed E-state index contributed by atoms with van der Waals surface area (Å²) in [7, 11) is 0. The minimum atomic E-state index is -4.83. The summed E-state index contributed by atoms with van der Waals surface area (Å²) in [5, 5.41) is 3.37. The molecule has 2 fully saturated rings. The molecule has 1 unspecified atom stereocenters. The van der Waals surface area contributed by atoms with Crippen molar-refractivity contribution in [3.05, 3.63) is 41.7 Å². The second kappa shape index (κ2) is 9.25. The van der Waals surface area contributed by atoms with Crippen molar-refractivity contribution in [2.24, 2.45) is 0 Å². The van der Waals surface area contributed by atoms with Crippen molar-refractivity contribution in [1.29, 1.82) is 0 Å². The number of carbonyl (C=O) groups is 1. The van der Waals surface area contributed by atoms with Crippen LogP contribution in [0.3, 0.4) is 0 Å². The summed E-state index contributed by atoms with van der Waals surface area (Å²) in [6, 6.07) is 3.60. The molecule has 2 aliphatic rings. The zero-order valence-electron chi connectivity index (χ0n) is 18.8. The molecule has 2 aromatic heterocycles. The number of fused-ring (bicyclic) bond motifs is 1. The number of likely N-dealkylation sites (tertiary alicyclic amines) is 1. The predicted molar refractivity (Wildman–Crippen MR) is 122 cm³/mol. The third kappa shape index (κ3) is 5.11. The Morgan fingerprint density at radius 2 is 2.06 bits per heavy atom. The average molecular weight is 490 g/mol. The number of benzene rings is 1. The number of rotatable bonds is 5. The number of alkyl halides is 3. The Morgan fingerprint density at radius 1 is 1.26 bits per heavy atom. The number of hydrogen-bond acceptors (Lipinski definition) is 7. The number of amides is 1. The highest BCUT2D eigenvalue weighted by Crippen LogP contribution is 2.34. The van der Waals surface area contributed by atoms with Gasteiger partial charge in [-0.1, -0.05) is 0 Å². The van der Waals surface area contributed by atoms with E-state index in [1.54, 1.807) is 11.1 Å². The van der Waals surface area contributed by atoms with E-state index in [1.165, 1.54) is 6.07 Å². The highest BCUT2D eigenvalue weighted by molar-refractivity contribution is 5.99. The molecule has 0 bridgehead atoms. The van der Waals surface area contributed by atoms with Crippen LogP contribution >= 0.6 is 0 Å². The molecule has 1 aromatic carbocycles. The van der Waals surface area contributed by atoms with Crippen LogP contribution in [0.4, 0.5) is 24.7 Å². The molecular weight excluding hydrogens is 465 g/mol. The highest BCUT2D eigenvalue weighted by Gasteiger charge is 2.32. The van der Waals surface area contributed by atoms with Crippen LogP contribution in [0.5, 0.6) is 5.75 Å². The molecule has 5 rings (SSSR count). The minimum Gasteiger partial charge on any atom is -0.406 e. The topological polar surface area (TPSA) is 118 Å². The average Bonchev–Trinajstić information content (AvgIpc) is 3.47. The van der Waals surface area contributed by atoms with E-state index in [0.29, 0.717) is 44.0 Å². The molecular formula is C23H25F3N6O3. The number of aromatic amines is 1. The fraction of sp³-hybridized carbons (Fsp3) is 0.435. The number of hydrogen-bond donors (Lipinski definition) is 3. The van der Waals surface area contributed by atoms with Gasteiger partial charge in [-0.25, -0.2) is 9.97 Å². The maximum Gasteiger partial charge on any atom is 0.573 e. The van der Waals surface area contributed by atoms with Gasteiger partial charge in [0.1, 0.15) is 17.1 Å². The fourth-order valence-corrected chi connectivity index (χ4v) is 4.65. The second-order valence-electron chi connectivity index (χ2n) is 8.76. The van der Waals surface area contributed by atoms with Crippen molar-refractivity contribution in [2.45, 2.75) is 37.6 Å². The number of anilines is 2. The van der Waals surface area contributed by atoms with Gasteiger partial charge in [0, 0.05) is 43.2 Å². The van der Waals surface area contributed by atoms with Gasteiger partial charge in [-0.2, -0.15) is 0 Å². The zero-order valence-corrected chi connectivity index (χ0v) is 18.8. The summed E-state index contributed by atoms with van der Waals surface area (Å²) in [5.41, 5.74) is 8.53. The van der Waals surface area contributed by atoms with Gasteiger partial charge in [0.05, 0.1) is 24.4 Å². The van der Waals surface area contributed by atoms with Crippen LogP contribution < -0.4 is 15.8 Å². The van der Waals surface area contributed by atoms with Gasteiger partial charge in [0.25, 0.3) is 5.91 Å². The van der Waals surface area contributed by atoms with Gasteiger partial charge < -0.3 is 30.4 Å². The van der Waals surface area contributed by atoms with Gasteiger partial charge in [-0.05, 0) is 37.3 Å². The number of H-pyrrole nitrogens is 1.